The molecule has 1 saturated heterocycles. The first-order valence-corrected chi connectivity index (χ1v) is 8.44. The molecule has 1 aromatic rings. The molecule has 2 fully saturated rings. The molecule has 0 spiro atoms. The maximum absolute atomic E-state index is 12.8. The van der Waals surface area contributed by atoms with Crippen LogP contribution in [-0.2, 0) is 11.0 Å². The van der Waals surface area contributed by atoms with Gasteiger partial charge in [0.05, 0.1) is 17.7 Å². The minimum absolute atomic E-state index is 0.0250. The zero-order chi connectivity index (χ0) is 17.5. The number of carbonyl (C=O) groups is 1. The summed E-state index contributed by atoms with van der Waals surface area (Å²) in [4.78, 5) is 14.5. The van der Waals surface area contributed by atoms with Crippen LogP contribution in [0.2, 0.25) is 0 Å². The molecule has 24 heavy (non-hydrogen) atoms. The molecule has 1 saturated carbocycles. The third-order valence-corrected chi connectivity index (χ3v) is 5.14. The largest absolute Gasteiger partial charge is 0.416 e. The fourth-order valence-electron chi connectivity index (χ4n) is 3.73. The van der Waals surface area contributed by atoms with Crippen LogP contribution in [0.3, 0.4) is 0 Å². The van der Waals surface area contributed by atoms with Crippen molar-refractivity contribution >= 4 is 5.91 Å². The average Bonchev–Trinajstić information content (AvgIpc) is 3.34. The number of alkyl halides is 3. The van der Waals surface area contributed by atoms with Crippen LogP contribution in [0.15, 0.2) is 24.3 Å². The third kappa shape index (κ3) is 3.43. The fraction of sp³-hybridized carbons (Fsp3) is 0.611. The molecule has 4 unspecified atom stereocenters. The molecule has 6 heteroatoms. The third-order valence-electron chi connectivity index (χ3n) is 5.14. The standard InChI is InChI=1S/C18H22F3NO2/c1-11(23)16-7-2-3-8-22(16)17(24)15-10-14(15)12-5-4-6-13(9-12)18(19,20)21/h4-6,9,11,14-16,23H,2-3,7-8,10H2,1H3. The summed E-state index contributed by atoms with van der Waals surface area (Å²) in [5, 5.41) is 9.89. The van der Waals surface area contributed by atoms with Gasteiger partial charge >= 0.3 is 6.18 Å². The zero-order valence-corrected chi connectivity index (χ0v) is 13.6. The Kier molecular flexibility index (Phi) is 4.60. The lowest BCUT2D eigenvalue weighted by atomic mass is 9.97. The lowest BCUT2D eigenvalue weighted by Crippen LogP contribution is -2.49. The summed E-state index contributed by atoms with van der Waals surface area (Å²) in [5.74, 6) is -0.424. The maximum Gasteiger partial charge on any atom is 0.416 e. The fourth-order valence-corrected chi connectivity index (χ4v) is 3.73. The number of likely N-dealkylation sites (tertiary alicyclic amines) is 1. The molecule has 4 atom stereocenters. The SMILES string of the molecule is CC(O)C1CCCCN1C(=O)C1CC1c1cccc(C(F)(F)F)c1. The lowest BCUT2D eigenvalue weighted by molar-refractivity contribution is -0.139. The van der Waals surface area contributed by atoms with E-state index in [-0.39, 0.29) is 23.8 Å². The summed E-state index contributed by atoms with van der Waals surface area (Å²) < 4.78 is 38.5. The van der Waals surface area contributed by atoms with Crippen LogP contribution in [0.25, 0.3) is 0 Å². The summed E-state index contributed by atoms with van der Waals surface area (Å²) >= 11 is 0. The van der Waals surface area contributed by atoms with E-state index in [1.165, 1.54) is 6.07 Å². The number of piperidine rings is 1. The van der Waals surface area contributed by atoms with E-state index in [4.69, 9.17) is 0 Å². The second kappa shape index (κ2) is 6.39. The first-order valence-electron chi connectivity index (χ1n) is 8.44. The zero-order valence-electron chi connectivity index (χ0n) is 13.6. The van der Waals surface area contributed by atoms with Crippen molar-refractivity contribution in [2.75, 3.05) is 6.54 Å². The summed E-state index contributed by atoms with van der Waals surface area (Å²) in [6.45, 7) is 2.31. The number of aliphatic hydroxyl groups excluding tert-OH is 1. The Morgan fingerprint density at radius 2 is 2.08 bits per heavy atom. The second-order valence-electron chi connectivity index (χ2n) is 6.91. The van der Waals surface area contributed by atoms with E-state index in [1.807, 2.05) is 0 Å². The summed E-state index contributed by atoms with van der Waals surface area (Å²) in [6, 6.07) is 5.10. The van der Waals surface area contributed by atoms with Gasteiger partial charge in [-0.1, -0.05) is 18.2 Å². The maximum atomic E-state index is 12.8. The monoisotopic (exact) mass is 341 g/mol. The normalized spacial score (nSPS) is 28.5. The van der Waals surface area contributed by atoms with Crippen LogP contribution in [0, 0.1) is 5.92 Å². The van der Waals surface area contributed by atoms with E-state index in [0.29, 0.717) is 18.5 Å². The number of hydrogen-bond donors (Lipinski definition) is 1. The van der Waals surface area contributed by atoms with Gasteiger partial charge in [-0.25, -0.2) is 0 Å². The molecule has 3 nitrogen and oxygen atoms in total. The first kappa shape index (κ1) is 17.3. The predicted molar refractivity (Wildman–Crippen MR) is 83.3 cm³/mol. The van der Waals surface area contributed by atoms with Crippen molar-refractivity contribution in [2.45, 2.75) is 56.8 Å². The topological polar surface area (TPSA) is 40.5 Å². The average molecular weight is 341 g/mol. The van der Waals surface area contributed by atoms with Crippen molar-refractivity contribution in [3.05, 3.63) is 35.4 Å². The smallest absolute Gasteiger partial charge is 0.391 e. The predicted octanol–water partition coefficient (Wildman–Crippen LogP) is 3.57. The number of amides is 1. The molecule has 1 aliphatic carbocycles. The Bertz CT molecular complexity index is 615. The molecule has 1 N–H and O–H groups in total. The van der Waals surface area contributed by atoms with Crippen LogP contribution in [0.4, 0.5) is 13.2 Å². The number of hydrogen-bond acceptors (Lipinski definition) is 2. The number of carbonyl (C=O) groups excluding carboxylic acids is 1. The van der Waals surface area contributed by atoms with Gasteiger partial charge in [-0.3, -0.25) is 4.79 Å². The van der Waals surface area contributed by atoms with Gasteiger partial charge in [0.15, 0.2) is 0 Å². The minimum atomic E-state index is -4.37. The molecule has 0 radical (unpaired) electrons. The van der Waals surface area contributed by atoms with Crippen molar-refractivity contribution in [2.24, 2.45) is 5.92 Å². The van der Waals surface area contributed by atoms with Gasteiger partial charge in [0.1, 0.15) is 0 Å². The van der Waals surface area contributed by atoms with Crippen molar-refractivity contribution in [1.82, 2.24) is 4.90 Å². The minimum Gasteiger partial charge on any atom is -0.391 e. The van der Waals surface area contributed by atoms with Crippen molar-refractivity contribution in [3.8, 4) is 0 Å². The Hall–Kier alpha value is -1.56. The van der Waals surface area contributed by atoms with E-state index in [0.717, 1.165) is 31.4 Å². The summed E-state index contributed by atoms with van der Waals surface area (Å²) in [5.41, 5.74) is -0.0910. The number of aliphatic hydroxyl groups is 1. The number of benzene rings is 1. The molecule has 1 amide bonds. The van der Waals surface area contributed by atoms with Crippen LogP contribution in [-0.4, -0.2) is 34.6 Å². The molecule has 0 bridgehead atoms. The first-order chi connectivity index (χ1) is 11.3. The van der Waals surface area contributed by atoms with Gasteiger partial charge in [0.2, 0.25) is 5.91 Å². The molecular formula is C18H22F3NO2. The van der Waals surface area contributed by atoms with Gasteiger partial charge < -0.3 is 10.0 Å². The lowest BCUT2D eigenvalue weighted by Gasteiger charge is -2.37. The van der Waals surface area contributed by atoms with Crippen LogP contribution in [0.1, 0.15) is 49.7 Å². The van der Waals surface area contributed by atoms with Gasteiger partial charge in [-0.15, -0.1) is 0 Å². The summed E-state index contributed by atoms with van der Waals surface area (Å²) in [6.07, 6.45) is -1.68. The highest BCUT2D eigenvalue weighted by molar-refractivity contribution is 5.83. The Morgan fingerprint density at radius 3 is 2.75 bits per heavy atom. The Labute approximate surface area is 139 Å². The molecule has 0 aromatic heterocycles. The number of halogens is 3. The van der Waals surface area contributed by atoms with Crippen LogP contribution < -0.4 is 0 Å². The van der Waals surface area contributed by atoms with Gasteiger partial charge in [-0.05, 0) is 50.2 Å². The highest BCUT2D eigenvalue weighted by Gasteiger charge is 2.48. The quantitative estimate of drug-likeness (QED) is 0.913. The highest BCUT2D eigenvalue weighted by atomic mass is 19.4. The molecule has 3 rings (SSSR count). The molecular weight excluding hydrogens is 319 g/mol. The van der Waals surface area contributed by atoms with Crippen molar-refractivity contribution in [1.29, 1.82) is 0 Å². The van der Waals surface area contributed by atoms with Gasteiger partial charge in [-0.2, -0.15) is 13.2 Å². The van der Waals surface area contributed by atoms with Gasteiger partial charge in [0, 0.05) is 12.5 Å². The van der Waals surface area contributed by atoms with E-state index >= 15 is 0 Å². The Balaban J connectivity index is 1.71. The number of nitrogens with zero attached hydrogens (tertiary/aromatic N) is 1. The van der Waals surface area contributed by atoms with Gasteiger partial charge in [0.25, 0.3) is 0 Å². The molecule has 1 heterocycles. The number of rotatable bonds is 3. The van der Waals surface area contributed by atoms with E-state index in [1.54, 1.807) is 17.9 Å². The van der Waals surface area contributed by atoms with Crippen molar-refractivity contribution in [3.63, 3.8) is 0 Å². The molecule has 2 aliphatic rings. The molecule has 132 valence electrons. The highest BCUT2D eigenvalue weighted by Crippen LogP contribution is 2.49. The molecule has 1 aliphatic heterocycles. The van der Waals surface area contributed by atoms with E-state index in [9.17, 15) is 23.1 Å². The Morgan fingerprint density at radius 1 is 1.33 bits per heavy atom. The van der Waals surface area contributed by atoms with E-state index in [2.05, 4.69) is 0 Å². The second-order valence-corrected chi connectivity index (χ2v) is 6.91. The van der Waals surface area contributed by atoms with Crippen LogP contribution >= 0.6 is 0 Å². The van der Waals surface area contributed by atoms with Crippen molar-refractivity contribution < 1.29 is 23.1 Å². The van der Waals surface area contributed by atoms with Crippen LogP contribution in [0.5, 0.6) is 0 Å². The van der Waals surface area contributed by atoms with E-state index < -0.39 is 17.8 Å². The molecule has 1 aromatic carbocycles. The summed E-state index contributed by atoms with van der Waals surface area (Å²) in [7, 11) is 0.